The first-order chi connectivity index (χ1) is 8.91. The molecule has 112 valence electrons. The fourth-order valence-corrected chi connectivity index (χ4v) is 3.24. The number of nitrogens with zero attached hydrogens (tertiary/aromatic N) is 1. The van der Waals surface area contributed by atoms with Crippen molar-refractivity contribution in [3.8, 4) is 0 Å². The zero-order valence-electron chi connectivity index (χ0n) is 12.7. The molecule has 2 fully saturated rings. The minimum absolute atomic E-state index is 0.245. The maximum atomic E-state index is 10.1. The quantitative estimate of drug-likeness (QED) is 0.758. The van der Waals surface area contributed by atoms with Gasteiger partial charge in [-0.15, -0.1) is 0 Å². The van der Waals surface area contributed by atoms with E-state index in [-0.39, 0.29) is 5.41 Å². The molecule has 0 aromatic rings. The van der Waals surface area contributed by atoms with Gasteiger partial charge >= 0.3 is 0 Å². The summed E-state index contributed by atoms with van der Waals surface area (Å²) in [7, 11) is 0. The molecule has 2 aliphatic rings. The number of hydrogen-bond acceptors (Lipinski definition) is 4. The molecular formula is C15H30N2O2. The van der Waals surface area contributed by atoms with Gasteiger partial charge in [-0.05, 0) is 32.2 Å². The first-order valence-electron chi connectivity index (χ1n) is 7.64. The standard InChI is InChI=1S/C15H30N2O2/c1-13(2)8-16-9-15(5-7-19-12-15)11-17-6-4-14(3,18)10-17/h13,16,18H,4-12H2,1-3H3. The third-order valence-corrected chi connectivity index (χ3v) is 4.33. The average Bonchev–Trinajstić information content (AvgIpc) is 2.86. The van der Waals surface area contributed by atoms with Crippen LogP contribution in [0.5, 0.6) is 0 Å². The molecule has 4 nitrogen and oxygen atoms in total. The molecule has 0 bridgehead atoms. The highest BCUT2D eigenvalue weighted by Crippen LogP contribution is 2.32. The van der Waals surface area contributed by atoms with Crippen LogP contribution in [0.2, 0.25) is 0 Å². The van der Waals surface area contributed by atoms with E-state index in [9.17, 15) is 5.11 Å². The number of aliphatic hydroxyl groups is 1. The van der Waals surface area contributed by atoms with Crippen LogP contribution in [-0.2, 0) is 4.74 Å². The predicted molar refractivity (Wildman–Crippen MR) is 77.3 cm³/mol. The summed E-state index contributed by atoms with van der Waals surface area (Å²) >= 11 is 0. The number of nitrogens with one attached hydrogen (secondary N) is 1. The van der Waals surface area contributed by atoms with Crippen LogP contribution in [0.3, 0.4) is 0 Å². The summed E-state index contributed by atoms with van der Waals surface area (Å²) in [6.45, 7) is 13.1. The number of likely N-dealkylation sites (tertiary alicyclic amines) is 1. The van der Waals surface area contributed by atoms with Crippen molar-refractivity contribution >= 4 is 0 Å². The fraction of sp³-hybridized carbons (Fsp3) is 1.00. The summed E-state index contributed by atoms with van der Waals surface area (Å²) in [6.07, 6.45) is 2.03. The van der Waals surface area contributed by atoms with Crippen molar-refractivity contribution in [2.45, 2.75) is 39.2 Å². The van der Waals surface area contributed by atoms with Gasteiger partial charge in [-0.2, -0.15) is 0 Å². The highest BCUT2D eigenvalue weighted by atomic mass is 16.5. The third kappa shape index (κ3) is 4.42. The molecule has 0 aliphatic carbocycles. The normalized spacial score (nSPS) is 36.5. The molecule has 2 heterocycles. The second-order valence-corrected chi connectivity index (χ2v) is 7.28. The largest absolute Gasteiger partial charge is 0.389 e. The fourth-order valence-electron chi connectivity index (χ4n) is 3.24. The Morgan fingerprint density at radius 2 is 2.16 bits per heavy atom. The highest BCUT2D eigenvalue weighted by Gasteiger charge is 2.40. The van der Waals surface area contributed by atoms with E-state index in [0.717, 1.165) is 58.8 Å². The Labute approximate surface area is 117 Å². The number of hydrogen-bond donors (Lipinski definition) is 2. The number of β-amino-alcohol motifs (C(OH)–C–C–N with tert-alkyl or cyclic N) is 1. The van der Waals surface area contributed by atoms with Gasteiger partial charge in [0.25, 0.3) is 0 Å². The van der Waals surface area contributed by atoms with Gasteiger partial charge in [-0.3, -0.25) is 4.90 Å². The minimum Gasteiger partial charge on any atom is -0.389 e. The molecule has 2 N–H and O–H groups in total. The Hall–Kier alpha value is -0.160. The van der Waals surface area contributed by atoms with Crippen molar-refractivity contribution in [1.29, 1.82) is 0 Å². The van der Waals surface area contributed by atoms with E-state index in [2.05, 4.69) is 24.1 Å². The molecule has 4 heteroatoms. The molecule has 2 saturated heterocycles. The Morgan fingerprint density at radius 3 is 2.68 bits per heavy atom. The maximum absolute atomic E-state index is 10.1. The lowest BCUT2D eigenvalue weighted by Gasteiger charge is -2.33. The molecule has 0 aromatic heterocycles. The van der Waals surface area contributed by atoms with E-state index < -0.39 is 5.60 Å². The zero-order chi connectivity index (χ0) is 13.9. The molecular weight excluding hydrogens is 240 g/mol. The summed E-state index contributed by atoms with van der Waals surface area (Å²) in [5, 5.41) is 13.7. The first kappa shape index (κ1) is 15.2. The molecule has 2 unspecified atom stereocenters. The van der Waals surface area contributed by atoms with E-state index in [0.29, 0.717) is 5.92 Å². The van der Waals surface area contributed by atoms with Crippen LogP contribution in [0.4, 0.5) is 0 Å². The molecule has 2 aliphatic heterocycles. The van der Waals surface area contributed by atoms with Crippen LogP contribution in [0.1, 0.15) is 33.6 Å². The maximum Gasteiger partial charge on any atom is 0.0758 e. The van der Waals surface area contributed by atoms with Gasteiger partial charge in [0.2, 0.25) is 0 Å². The Morgan fingerprint density at radius 1 is 1.37 bits per heavy atom. The van der Waals surface area contributed by atoms with E-state index in [1.165, 1.54) is 0 Å². The van der Waals surface area contributed by atoms with Gasteiger partial charge in [0.05, 0.1) is 12.2 Å². The molecule has 0 amide bonds. The average molecular weight is 270 g/mol. The SMILES string of the molecule is CC(C)CNCC1(CN2CCC(C)(O)C2)CCOC1. The Bertz CT molecular complexity index is 286. The smallest absolute Gasteiger partial charge is 0.0758 e. The van der Waals surface area contributed by atoms with Gasteiger partial charge in [0.15, 0.2) is 0 Å². The lowest BCUT2D eigenvalue weighted by molar-refractivity contribution is 0.0574. The molecule has 2 rings (SSSR count). The van der Waals surface area contributed by atoms with Crippen LogP contribution in [0.15, 0.2) is 0 Å². The van der Waals surface area contributed by atoms with Crippen LogP contribution in [0.25, 0.3) is 0 Å². The van der Waals surface area contributed by atoms with Crippen molar-refractivity contribution in [3.63, 3.8) is 0 Å². The van der Waals surface area contributed by atoms with Crippen molar-refractivity contribution in [1.82, 2.24) is 10.2 Å². The van der Waals surface area contributed by atoms with Crippen molar-refractivity contribution in [2.24, 2.45) is 11.3 Å². The van der Waals surface area contributed by atoms with Gasteiger partial charge in [0.1, 0.15) is 0 Å². The molecule has 0 saturated carbocycles. The van der Waals surface area contributed by atoms with E-state index >= 15 is 0 Å². The van der Waals surface area contributed by atoms with Crippen LogP contribution < -0.4 is 5.32 Å². The summed E-state index contributed by atoms with van der Waals surface area (Å²) in [5.41, 5.74) is -0.249. The first-order valence-corrected chi connectivity index (χ1v) is 7.64. The topological polar surface area (TPSA) is 44.7 Å². The zero-order valence-corrected chi connectivity index (χ0v) is 12.7. The summed E-state index contributed by atoms with van der Waals surface area (Å²) in [6, 6.07) is 0. The molecule has 0 aromatic carbocycles. The second kappa shape index (κ2) is 6.08. The van der Waals surface area contributed by atoms with E-state index in [1.54, 1.807) is 0 Å². The van der Waals surface area contributed by atoms with Crippen molar-refractivity contribution < 1.29 is 9.84 Å². The number of ether oxygens (including phenoxy) is 1. The Kier molecular flexibility index (Phi) is 4.88. The second-order valence-electron chi connectivity index (χ2n) is 7.28. The number of rotatable bonds is 6. The summed E-state index contributed by atoms with van der Waals surface area (Å²) in [4.78, 5) is 2.41. The summed E-state index contributed by atoms with van der Waals surface area (Å²) in [5.74, 6) is 0.687. The van der Waals surface area contributed by atoms with Crippen LogP contribution in [0, 0.1) is 11.3 Å². The monoisotopic (exact) mass is 270 g/mol. The van der Waals surface area contributed by atoms with E-state index in [1.807, 2.05) is 6.92 Å². The van der Waals surface area contributed by atoms with Crippen molar-refractivity contribution in [2.75, 3.05) is 45.9 Å². The minimum atomic E-state index is -0.494. The van der Waals surface area contributed by atoms with Gasteiger partial charge in [0, 0.05) is 38.2 Å². The highest BCUT2D eigenvalue weighted by molar-refractivity contribution is 4.93. The summed E-state index contributed by atoms with van der Waals surface area (Å²) < 4.78 is 5.65. The lowest BCUT2D eigenvalue weighted by Crippen LogP contribution is -2.45. The lowest BCUT2D eigenvalue weighted by atomic mass is 9.86. The molecule has 2 atom stereocenters. The van der Waals surface area contributed by atoms with Crippen LogP contribution in [-0.4, -0.2) is 61.5 Å². The van der Waals surface area contributed by atoms with Crippen molar-refractivity contribution in [3.05, 3.63) is 0 Å². The third-order valence-electron chi connectivity index (χ3n) is 4.33. The van der Waals surface area contributed by atoms with Gasteiger partial charge in [-0.25, -0.2) is 0 Å². The van der Waals surface area contributed by atoms with Gasteiger partial charge in [-0.1, -0.05) is 13.8 Å². The predicted octanol–water partition coefficient (Wildman–Crippen LogP) is 1.10. The van der Waals surface area contributed by atoms with Gasteiger partial charge < -0.3 is 15.2 Å². The molecule has 0 radical (unpaired) electrons. The van der Waals surface area contributed by atoms with E-state index in [4.69, 9.17) is 4.74 Å². The molecule has 0 spiro atoms. The Balaban J connectivity index is 1.85. The van der Waals surface area contributed by atoms with Crippen LogP contribution >= 0.6 is 0 Å². The molecule has 19 heavy (non-hydrogen) atoms.